The van der Waals surface area contributed by atoms with Crippen LogP contribution >= 0.6 is 11.8 Å². The molecule has 2 saturated carbocycles. The van der Waals surface area contributed by atoms with Crippen LogP contribution < -0.4 is 0 Å². The van der Waals surface area contributed by atoms with E-state index >= 15 is 0 Å². The molecular formula is C13H20N2O2S. The third kappa shape index (κ3) is 2.51. The molecule has 18 heavy (non-hydrogen) atoms. The molecule has 0 spiro atoms. The molecule has 3 rings (SSSR count). The number of rotatable bonds is 4. The van der Waals surface area contributed by atoms with Crippen molar-refractivity contribution in [2.45, 2.75) is 50.6 Å². The zero-order valence-electron chi connectivity index (χ0n) is 10.6. The molecule has 1 aliphatic heterocycles. The molecule has 3 aliphatic rings. The molecule has 1 heterocycles. The summed E-state index contributed by atoms with van der Waals surface area (Å²) in [5.41, 5.74) is 0. The van der Waals surface area contributed by atoms with Crippen LogP contribution in [0.1, 0.15) is 38.5 Å². The molecule has 2 aliphatic carbocycles. The van der Waals surface area contributed by atoms with Gasteiger partial charge in [-0.3, -0.25) is 9.59 Å². The normalized spacial score (nSPS) is 24.9. The van der Waals surface area contributed by atoms with E-state index in [0.717, 1.165) is 25.7 Å². The lowest BCUT2D eigenvalue weighted by molar-refractivity contribution is -0.140. The van der Waals surface area contributed by atoms with E-state index in [4.69, 9.17) is 0 Å². The van der Waals surface area contributed by atoms with Crippen LogP contribution in [0.25, 0.3) is 0 Å². The molecule has 5 heteroatoms. The fraction of sp³-hybridized carbons (Fsp3) is 0.846. The molecule has 100 valence electrons. The summed E-state index contributed by atoms with van der Waals surface area (Å²) in [4.78, 5) is 27.8. The van der Waals surface area contributed by atoms with E-state index in [0.29, 0.717) is 30.3 Å². The largest absolute Gasteiger partial charge is 0.335 e. The van der Waals surface area contributed by atoms with Gasteiger partial charge in [-0.2, -0.15) is 0 Å². The summed E-state index contributed by atoms with van der Waals surface area (Å²) in [6, 6.07) is 0.932. The Labute approximate surface area is 112 Å². The molecule has 0 aromatic rings. The standard InChI is InChI=1S/C13H20N2O2S/c16-12(7-14-9-18-8-13(14)17)15(11-5-6-11)10-3-1-2-4-10/h10-11H,1-9H2. The zero-order valence-corrected chi connectivity index (χ0v) is 11.5. The van der Waals surface area contributed by atoms with Crippen LogP contribution in [-0.4, -0.2) is 51.9 Å². The minimum absolute atomic E-state index is 0.121. The predicted octanol–water partition coefficient (Wildman–Crippen LogP) is 1.45. The molecular weight excluding hydrogens is 248 g/mol. The Morgan fingerprint density at radius 2 is 1.89 bits per heavy atom. The van der Waals surface area contributed by atoms with Gasteiger partial charge in [-0.1, -0.05) is 12.8 Å². The molecule has 0 bridgehead atoms. The highest BCUT2D eigenvalue weighted by molar-refractivity contribution is 8.00. The van der Waals surface area contributed by atoms with Crippen molar-refractivity contribution >= 4 is 23.6 Å². The quantitative estimate of drug-likeness (QED) is 0.775. The maximum Gasteiger partial charge on any atom is 0.242 e. The van der Waals surface area contributed by atoms with E-state index in [-0.39, 0.29) is 11.8 Å². The second-order valence-electron chi connectivity index (χ2n) is 5.54. The van der Waals surface area contributed by atoms with Gasteiger partial charge in [0.15, 0.2) is 0 Å². The Morgan fingerprint density at radius 1 is 1.22 bits per heavy atom. The summed E-state index contributed by atoms with van der Waals surface area (Å²) in [7, 11) is 0. The van der Waals surface area contributed by atoms with Gasteiger partial charge in [0, 0.05) is 12.1 Å². The second kappa shape index (κ2) is 5.11. The molecule has 0 radical (unpaired) electrons. The highest BCUT2D eigenvalue weighted by Crippen LogP contribution is 2.34. The van der Waals surface area contributed by atoms with Crippen molar-refractivity contribution in [3.8, 4) is 0 Å². The first-order chi connectivity index (χ1) is 8.75. The van der Waals surface area contributed by atoms with Crippen molar-refractivity contribution in [1.82, 2.24) is 9.80 Å². The number of hydrogen-bond donors (Lipinski definition) is 0. The van der Waals surface area contributed by atoms with Crippen LogP contribution in [0.5, 0.6) is 0 Å². The van der Waals surface area contributed by atoms with E-state index in [1.54, 1.807) is 16.7 Å². The molecule has 0 aromatic heterocycles. The Morgan fingerprint density at radius 3 is 2.44 bits per heavy atom. The predicted molar refractivity (Wildman–Crippen MR) is 71.2 cm³/mol. The first-order valence-corrected chi connectivity index (χ1v) is 8.08. The number of thioether (sulfide) groups is 1. The summed E-state index contributed by atoms with van der Waals surface area (Å²) in [6.45, 7) is 0.304. The molecule has 0 aromatic carbocycles. The monoisotopic (exact) mass is 268 g/mol. The van der Waals surface area contributed by atoms with E-state index in [1.807, 2.05) is 0 Å². The molecule has 1 saturated heterocycles. The number of nitrogens with zero attached hydrogens (tertiary/aromatic N) is 2. The molecule has 3 fully saturated rings. The average molecular weight is 268 g/mol. The lowest BCUT2D eigenvalue weighted by Crippen LogP contribution is -2.46. The van der Waals surface area contributed by atoms with Crippen molar-refractivity contribution in [2.24, 2.45) is 0 Å². The SMILES string of the molecule is O=C1CSCN1CC(=O)N(C1CCCC1)C1CC1. The van der Waals surface area contributed by atoms with Gasteiger partial charge < -0.3 is 9.80 Å². The lowest BCUT2D eigenvalue weighted by Gasteiger charge is -2.30. The van der Waals surface area contributed by atoms with Crippen LogP contribution in [0.2, 0.25) is 0 Å². The van der Waals surface area contributed by atoms with Crippen molar-refractivity contribution in [3.63, 3.8) is 0 Å². The highest BCUT2D eigenvalue weighted by atomic mass is 32.2. The Bertz CT molecular complexity index is 351. The topological polar surface area (TPSA) is 40.6 Å². The fourth-order valence-electron chi connectivity index (χ4n) is 3.03. The van der Waals surface area contributed by atoms with Gasteiger partial charge in [0.2, 0.25) is 11.8 Å². The van der Waals surface area contributed by atoms with Crippen molar-refractivity contribution in [2.75, 3.05) is 18.2 Å². The number of hydrogen-bond acceptors (Lipinski definition) is 3. The first kappa shape index (κ1) is 12.3. The van der Waals surface area contributed by atoms with Gasteiger partial charge in [-0.25, -0.2) is 0 Å². The van der Waals surface area contributed by atoms with Crippen LogP contribution in [0.3, 0.4) is 0 Å². The van der Waals surface area contributed by atoms with Crippen LogP contribution in [0.15, 0.2) is 0 Å². The summed E-state index contributed by atoms with van der Waals surface area (Å²) >= 11 is 1.61. The zero-order chi connectivity index (χ0) is 12.5. The van der Waals surface area contributed by atoms with Gasteiger partial charge in [0.1, 0.15) is 6.54 Å². The van der Waals surface area contributed by atoms with Gasteiger partial charge in [0.05, 0.1) is 11.6 Å². The molecule has 2 amide bonds. The summed E-state index contributed by atoms with van der Waals surface area (Å²) in [5, 5.41) is 0. The Hall–Kier alpha value is -0.710. The highest BCUT2D eigenvalue weighted by Gasteiger charge is 2.39. The minimum Gasteiger partial charge on any atom is -0.335 e. The average Bonchev–Trinajstić information content (AvgIpc) is 2.85. The van der Waals surface area contributed by atoms with Gasteiger partial charge in [0.25, 0.3) is 0 Å². The van der Waals surface area contributed by atoms with Crippen LogP contribution in [0, 0.1) is 0 Å². The van der Waals surface area contributed by atoms with Gasteiger partial charge in [-0.05, 0) is 25.7 Å². The lowest BCUT2D eigenvalue weighted by atomic mass is 10.2. The summed E-state index contributed by atoms with van der Waals surface area (Å²) in [6.07, 6.45) is 7.13. The second-order valence-corrected chi connectivity index (χ2v) is 6.49. The minimum atomic E-state index is 0.121. The number of amides is 2. The maximum atomic E-state index is 12.4. The number of carbonyl (C=O) groups is 2. The molecule has 0 N–H and O–H groups in total. The Balaban J connectivity index is 1.62. The molecule has 4 nitrogen and oxygen atoms in total. The van der Waals surface area contributed by atoms with Crippen molar-refractivity contribution in [3.05, 3.63) is 0 Å². The van der Waals surface area contributed by atoms with E-state index in [1.165, 1.54) is 12.8 Å². The first-order valence-electron chi connectivity index (χ1n) is 6.92. The third-order valence-electron chi connectivity index (χ3n) is 4.10. The number of carbonyl (C=O) groups excluding carboxylic acids is 2. The summed E-state index contributed by atoms with van der Waals surface area (Å²) in [5.74, 6) is 1.53. The van der Waals surface area contributed by atoms with Crippen LogP contribution in [-0.2, 0) is 9.59 Å². The Kier molecular flexibility index (Phi) is 3.50. The maximum absolute atomic E-state index is 12.4. The smallest absolute Gasteiger partial charge is 0.242 e. The fourth-order valence-corrected chi connectivity index (χ4v) is 3.93. The van der Waals surface area contributed by atoms with Crippen molar-refractivity contribution in [1.29, 1.82) is 0 Å². The van der Waals surface area contributed by atoms with Crippen LogP contribution in [0.4, 0.5) is 0 Å². The third-order valence-corrected chi connectivity index (χ3v) is 5.04. The molecule has 0 unspecified atom stereocenters. The van der Waals surface area contributed by atoms with Gasteiger partial charge >= 0.3 is 0 Å². The van der Waals surface area contributed by atoms with Crippen molar-refractivity contribution < 1.29 is 9.59 Å². The van der Waals surface area contributed by atoms with Gasteiger partial charge in [-0.15, -0.1) is 11.8 Å². The van der Waals surface area contributed by atoms with E-state index in [2.05, 4.69) is 4.90 Å². The molecule has 0 atom stereocenters. The summed E-state index contributed by atoms with van der Waals surface area (Å²) < 4.78 is 0. The van der Waals surface area contributed by atoms with E-state index < -0.39 is 0 Å². The van der Waals surface area contributed by atoms with E-state index in [9.17, 15) is 9.59 Å².